The van der Waals surface area contributed by atoms with E-state index in [2.05, 4.69) is 93.3 Å². The number of amides is 1. The maximum Gasteiger partial charge on any atom is 0.335 e. The van der Waals surface area contributed by atoms with Gasteiger partial charge in [-0.15, -0.1) is 0 Å². The van der Waals surface area contributed by atoms with Gasteiger partial charge >= 0.3 is 5.97 Å². The Morgan fingerprint density at radius 1 is 0.955 bits per heavy atom. The number of aromatic carboxylic acids is 1. The Labute approximate surface area is 261 Å². The van der Waals surface area contributed by atoms with Crippen molar-refractivity contribution >= 4 is 22.8 Å². The van der Waals surface area contributed by atoms with E-state index in [1.54, 1.807) is 12.1 Å². The Kier molecular flexibility index (Phi) is 9.28. The topological polar surface area (TPSA) is 88.7 Å². The van der Waals surface area contributed by atoms with E-state index in [4.69, 9.17) is 0 Å². The molecule has 1 unspecified atom stereocenters. The van der Waals surface area contributed by atoms with Gasteiger partial charge in [0.25, 0.3) is 0 Å². The van der Waals surface area contributed by atoms with Gasteiger partial charge in [0.2, 0.25) is 5.91 Å². The molecule has 3 aromatic carbocycles. The molecule has 1 aromatic heterocycles. The van der Waals surface area contributed by atoms with Crippen molar-refractivity contribution in [3.8, 4) is 11.3 Å². The Balaban J connectivity index is 1.43. The van der Waals surface area contributed by atoms with Gasteiger partial charge in [0, 0.05) is 43.6 Å². The summed E-state index contributed by atoms with van der Waals surface area (Å²) in [5.74, 6) is -0.527. The number of aromatic amines is 1. The summed E-state index contributed by atoms with van der Waals surface area (Å²) < 4.78 is 0. The highest BCUT2D eigenvalue weighted by molar-refractivity contribution is 5.94. The molecule has 0 radical (unpaired) electrons. The van der Waals surface area contributed by atoms with Crippen molar-refractivity contribution in [3.05, 3.63) is 94.0 Å². The summed E-state index contributed by atoms with van der Waals surface area (Å²) >= 11 is 0. The number of H-pyrrole nitrogens is 1. The first-order valence-electron chi connectivity index (χ1n) is 15.7. The molecule has 44 heavy (non-hydrogen) atoms. The molecule has 0 aliphatic carbocycles. The van der Waals surface area contributed by atoms with Gasteiger partial charge in [0.15, 0.2) is 0 Å². The molecule has 1 aliphatic heterocycles. The van der Waals surface area contributed by atoms with E-state index in [1.165, 1.54) is 22.3 Å². The minimum atomic E-state index is -0.905. The molecule has 0 spiro atoms. The Morgan fingerprint density at radius 2 is 1.61 bits per heavy atom. The number of fused-ring (bicyclic) bond motifs is 1. The molecule has 232 valence electrons. The first-order chi connectivity index (χ1) is 20.9. The molecule has 1 fully saturated rings. The van der Waals surface area contributed by atoms with E-state index >= 15 is 0 Å². The first-order valence-corrected chi connectivity index (χ1v) is 15.7. The summed E-state index contributed by atoms with van der Waals surface area (Å²) in [7, 11) is 2.11. The van der Waals surface area contributed by atoms with E-state index < -0.39 is 11.4 Å². The standard InChI is InChI=1S/C37H46N4O3/c1-24-19-25(2)21-29(20-24)34-33(26(3)23-38-14-13-27-7-9-28(10-8-27)35(42)43)31-22-30(11-12-32(31)39-34)37(4,5)36(44)41-17-15-40(6)16-18-41/h7-12,19-22,26,38-39H,13-18,23H2,1-6H3,(H,42,43). The zero-order valence-electron chi connectivity index (χ0n) is 27.0. The first kappa shape index (κ1) is 31.5. The van der Waals surface area contributed by atoms with Crippen LogP contribution in [0.1, 0.15) is 64.9 Å². The number of carbonyl (C=O) groups excluding carboxylic acids is 1. The molecule has 1 atom stereocenters. The van der Waals surface area contributed by atoms with Crippen molar-refractivity contribution < 1.29 is 14.7 Å². The molecule has 1 amide bonds. The van der Waals surface area contributed by atoms with Crippen LogP contribution in [0.25, 0.3) is 22.2 Å². The molecule has 5 rings (SSSR count). The predicted octanol–water partition coefficient (Wildman–Crippen LogP) is 6.14. The number of aromatic nitrogens is 1. The summed E-state index contributed by atoms with van der Waals surface area (Å²) in [4.78, 5) is 33.0. The Hall–Kier alpha value is -3.94. The monoisotopic (exact) mass is 594 g/mol. The van der Waals surface area contributed by atoms with Gasteiger partial charge < -0.3 is 25.2 Å². The number of nitrogens with zero attached hydrogens (tertiary/aromatic N) is 2. The van der Waals surface area contributed by atoms with Gasteiger partial charge in [0.1, 0.15) is 0 Å². The second kappa shape index (κ2) is 13.0. The fourth-order valence-corrected chi connectivity index (χ4v) is 6.46. The number of rotatable bonds is 10. The molecule has 0 saturated carbocycles. The third kappa shape index (κ3) is 6.74. The average Bonchev–Trinajstić information content (AvgIpc) is 3.38. The van der Waals surface area contributed by atoms with E-state index in [1.807, 2.05) is 17.0 Å². The lowest BCUT2D eigenvalue weighted by atomic mass is 9.81. The van der Waals surface area contributed by atoms with Crippen molar-refractivity contribution in [1.29, 1.82) is 0 Å². The summed E-state index contributed by atoms with van der Waals surface area (Å²) in [5.41, 5.74) is 8.89. The lowest BCUT2D eigenvalue weighted by Gasteiger charge is -2.37. The van der Waals surface area contributed by atoms with Crippen molar-refractivity contribution in [3.63, 3.8) is 0 Å². The van der Waals surface area contributed by atoms with E-state index in [0.717, 1.165) is 73.4 Å². The quantitative estimate of drug-likeness (QED) is 0.192. The van der Waals surface area contributed by atoms with Gasteiger partial charge in [-0.2, -0.15) is 0 Å². The van der Waals surface area contributed by atoms with Crippen LogP contribution < -0.4 is 5.32 Å². The van der Waals surface area contributed by atoms with Crippen molar-refractivity contribution in [1.82, 2.24) is 20.1 Å². The Bertz CT molecular complexity index is 1630. The van der Waals surface area contributed by atoms with Crippen LogP contribution in [-0.4, -0.2) is 78.1 Å². The number of carboxylic acid groups (broad SMARTS) is 1. The van der Waals surface area contributed by atoms with Crippen LogP contribution in [0.4, 0.5) is 0 Å². The molecular formula is C37H46N4O3. The zero-order valence-corrected chi connectivity index (χ0v) is 27.0. The molecule has 3 N–H and O–H groups in total. The normalized spacial score (nSPS) is 15.1. The number of benzene rings is 3. The second-order valence-electron chi connectivity index (χ2n) is 13.1. The number of hydrogen-bond donors (Lipinski definition) is 3. The summed E-state index contributed by atoms with van der Waals surface area (Å²) in [5, 5.41) is 14.0. The highest BCUT2D eigenvalue weighted by atomic mass is 16.4. The number of aryl methyl sites for hydroxylation is 2. The van der Waals surface area contributed by atoms with Crippen LogP contribution in [0.2, 0.25) is 0 Å². The Morgan fingerprint density at radius 3 is 2.25 bits per heavy atom. The van der Waals surface area contributed by atoms with Gasteiger partial charge in [-0.25, -0.2) is 4.79 Å². The molecule has 0 bridgehead atoms. The van der Waals surface area contributed by atoms with Crippen LogP contribution >= 0.6 is 0 Å². The van der Waals surface area contributed by atoms with Gasteiger partial charge in [-0.1, -0.05) is 42.3 Å². The number of piperazine rings is 1. The molecule has 2 heterocycles. The number of likely N-dealkylation sites (N-methyl/N-ethyl adjacent to an activating group) is 1. The van der Waals surface area contributed by atoms with Crippen LogP contribution in [0.5, 0.6) is 0 Å². The largest absolute Gasteiger partial charge is 0.478 e. The highest BCUT2D eigenvalue weighted by Crippen LogP contribution is 2.38. The minimum Gasteiger partial charge on any atom is -0.478 e. The number of carbonyl (C=O) groups is 2. The van der Waals surface area contributed by atoms with E-state index in [9.17, 15) is 14.7 Å². The lowest BCUT2D eigenvalue weighted by Crippen LogP contribution is -2.52. The van der Waals surface area contributed by atoms with Crippen molar-refractivity contribution in [2.45, 2.75) is 52.4 Å². The molecular weight excluding hydrogens is 548 g/mol. The van der Waals surface area contributed by atoms with Crippen LogP contribution in [-0.2, 0) is 16.6 Å². The number of nitrogens with one attached hydrogen (secondary N) is 2. The van der Waals surface area contributed by atoms with E-state index in [0.29, 0.717) is 5.56 Å². The third-order valence-electron chi connectivity index (χ3n) is 9.13. The van der Waals surface area contributed by atoms with Crippen LogP contribution in [0, 0.1) is 13.8 Å². The minimum absolute atomic E-state index is 0.183. The number of carboxylic acids is 1. The maximum atomic E-state index is 13.8. The van der Waals surface area contributed by atoms with Crippen molar-refractivity contribution in [2.24, 2.45) is 0 Å². The fraction of sp³-hybridized carbons (Fsp3) is 0.405. The van der Waals surface area contributed by atoms with E-state index in [-0.39, 0.29) is 11.8 Å². The zero-order chi connectivity index (χ0) is 31.6. The van der Waals surface area contributed by atoms with Crippen LogP contribution in [0.3, 0.4) is 0 Å². The highest BCUT2D eigenvalue weighted by Gasteiger charge is 2.35. The molecule has 4 aromatic rings. The molecule has 1 aliphatic rings. The fourth-order valence-electron chi connectivity index (χ4n) is 6.46. The second-order valence-corrected chi connectivity index (χ2v) is 13.1. The SMILES string of the molecule is Cc1cc(C)cc(-c2[nH]c3ccc(C(C)(C)C(=O)N4CCN(C)CC4)cc3c2C(C)CNCCc2ccc(C(=O)O)cc2)c1. The number of hydrogen-bond acceptors (Lipinski definition) is 4. The average molecular weight is 595 g/mol. The molecule has 1 saturated heterocycles. The summed E-state index contributed by atoms with van der Waals surface area (Å²) in [6, 6.07) is 20.3. The van der Waals surface area contributed by atoms with Crippen molar-refractivity contribution in [2.75, 3.05) is 46.3 Å². The lowest BCUT2D eigenvalue weighted by molar-refractivity contribution is -0.137. The molecule has 7 nitrogen and oxygen atoms in total. The predicted molar refractivity (Wildman–Crippen MR) is 179 cm³/mol. The van der Waals surface area contributed by atoms with Gasteiger partial charge in [-0.3, -0.25) is 4.79 Å². The maximum absolute atomic E-state index is 13.8. The smallest absolute Gasteiger partial charge is 0.335 e. The third-order valence-corrected chi connectivity index (χ3v) is 9.13. The molecule has 7 heteroatoms. The van der Waals surface area contributed by atoms with Crippen LogP contribution in [0.15, 0.2) is 60.7 Å². The van der Waals surface area contributed by atoms with Gasteiger partial charge in [0.05, 0.1) is 16.7 Å². The van der Waals surface area contributed by atoms with Gasteiger partial charge in [-0.05, 0) is 112 Å². The summed E-state index contributed by atoms with van der Waals surface area (Å²) in [6.45, 7) is 15.5. The summed E-state index contributed by atoms with van der Waals surface area (Å²) in [6.07, 6.45) is 0.817.